The minimum atomic E-state index is 0.691. The van der Waals surface area contributed by atoms with Crippen LogP contribution in [0.2, 0.25) is 0 Å². The van der Waals surface area contributed by atoms with Crippen molar-refractivity contribution < 1.29 is 0 Å². The van der Waals surface area contributed by atoms with Crippen molar-refractivity contribution in [1.82, 2.24) is 10.3 Å². The summed E-state index contributed by atoms with van der Waals surface area (Å²) in [6.45, 7) is 5.73. The van der Waals surface area contributed by atoms with Crippen molar-refractivity contribution in [3.63, 3.8) is 0 Å². The van der Waals surface area contributed by atoms with Gasteiger partial charge < -0.3 is 5.32 Å². The van der Waals surface area contributed by atoms with Crippen molar-refractivity contribution in [2.75, 3.05) is 6.54 Å². The largest absolute Gasteiger partial charge is 0.314 e. The third kappa shape index (κ3) is 4.56. The molecule has 112 valence electrons. The Morgan fingerprint density at radius 1 is 1.30 bits per heavy atom. The highest BCUT2D eigenvalue weighted by molar-refractivity contribution is 9.10. The zero-order valence-electron chi connectivity index (χ0n) is 12.7. The molecule has 1 aliphatic carbocycles. The second-order valence-electron chi connectivity index (χ2n) is 6.12. The van der Waals surface area contributed by atoms with Crippen LogP contribution in [0, 0.1) is 11.8 Å². The molecule has 1 heterocycles. The van der Waals surface area contributed by atoms with Gasteiger partial charge in [0, 0.05) is 22.9 Å². The summed E-state index contributed by atoms with van der Waals surface area (Å²) < 4.78 is 1.09. The van der Waals surface area contributed by atoms with Gasteiger partial charge in [0.1, 0.15) is 0 Å². The van der Waals surface area contributed by atoms with E-state index in [4.69, 9.17) is 0 Å². The Balaban J connectivity index is 2.02. The summed E-state index contributed by atoms with van der Waals surface area (Å²) in [5, 5.41) is 3.77. The predicted octanol–water partition coefficient (Wildman–Crippen LogP) is 4.58. The maximum atomic E-state index is 4.31. The van der Waals surface area contributed by atoms with Crippen LogP contribution in [0.5, 0.6) is 0 Å². The fraction of sp³-hybridized carbons (Fsp3) is 0.706. The van der Waals surface area contributed by atoms with E-state index in [1.54, 1.807) is 0 Å². The van der Waals surface area contributed by atoms with E-state index in [2.05, 4.69) is 46.1 Å². The molecule has 0 radical (unpaired) electrons. The first kappa shape index (κ1) is 16.0. The minimum absolute atomic E-state index is 0.691. The van der Waals surface area contributed by atoms with Gasteiger partial charge in [0.25, 0.3) is 0 Å². The molecule has 1 aromatic rings. The lowest BCUT2D eigenvalue weighted by Gasteiger charge is -2.36. The molecular weight excluding hydrogens is 312 g/mol. The van der Waals surface area contributed by atoms with Crippen molar-refractivity contribution in [3.8, 4) is 0 Å². The molecule has 3 heteroatoms. The van der Waals surface area contributed by atoms with E-state index in [-0.39, 0.29) is 0 Å². The van der Waals surface area contributed by atoms with Gasteiger partial charge in [-0.25, -0.2) is 0 Å². The molecule has 1 saturated carbocycles. The fourth-order valence-corrected chi connectivity index (χ4v) is 3.84. The van der Waals surface area contributed by atoms with Crippen molar-refractivity contribution in [2.45, 2.75) is 58.4 Å². The molecule has 3 atom stereocenters. The van der Waals surface area contributed by atoms with Gasteiger partial charge in [-0.05, 0) is 78.0 Å². The monoisotopic (exact) mass is 338 g/mol. The van der Waals surface area contributed by atoms with Crippen LogP contribution in [0.25, 0.3) is 0 Å². The molecule has 1 aliphatic rings. The molecule has 2 rings (SSSR count). The number of hydrogen-bond donors (Lipinski definition) is 1. The van der Waals surface area contributed by atoms with Crippen LogP contribution >= 0.6 is 15.9 Å². The van der Waals surface area contributed by atoms with Crippen LogP contribution in [0.15, 0.2) is 22.9 Å². The van der Waals surface area contributed by atoms with Gasteiger partial charge in [-0.1, -0.05) is 20.3 Å². The molecule has 0 aromatic carbocycles. The standard InChI is InChI=1S/C17H27BrN2/c1-3-7-20-17-6-5-13(4-2)8-15(17)9-14-10-16(18)12-19-11-14/h10-13,15,17,20H,3-9H2,1-2H3. The van der Waals surface area contributed by atoms with Crippen LogP contribution in [-0.4, -0.2) is 17.6 Å². The highest BCUT2D eigenvalue weighted by atomic mass is 79.9. The summed E-state index contributed by atoms with van der Waals surface area (Å²) in [6, 6.07) is 2.91. The van der Waals surface area contributed by atoms with Crippen LogP contribution in [-0.2, 0) is 6.42 Å². The molecule has 2 nitrogen and oxygen atoms in total. The minimum Gasteiger partial charge on any atom is -0.314 e. The van der Waals surface area contributed by atoms with Crippen LogP contribution in [0.1, 0.15) is 51.5 Å². The Kier molecular flexibility index (Phi) is 6.50. The first-order valence-corrected chi connectivity index (χ1v) is 8.85. The normalized spacial score (nSPS) is 26.6. The molecule has 0 saturated heterocycles. The van der Waals surface area contributed by atoms with E-state index in [1.807, 2.05) is 12.4 Å². The zero-order valence-corrected chi connectivity index (χ0v) is 14.3. The molecule has 0 spiro atoms. The Bertz CT molecular complexity index is 408. The topological polar surface area (TPSA) is 24.9 Å². The van der Waals surface area contributed by atoms with Gasteiger partial charge in [0.2, 0.25) is 0 Å². The van der Waals surface area contributed by atoms with Crippen molar-refractivity contribution >= 4 is 15.9 Å². The number of pyridine rings is 1. The van der Waals surface area contributed by atoms with E-state index in [1.165, 1.54) is 37.7 Å². The molecule has 20 heavy (non-hydrogen) atoms. The number of halogens is 1. The van der Waals surface area contributed by atoms with Crippen molar-refractivity contribution in [1.29, 1.82) is 0 Å². The van der Waals surface area contributed by atoms with E-state index in [0.29, 0.717) is 6.04 Å². The third-order valence-electron chi connectivity index (χ3n) is 4.58. The molecule has 0 amide bonds. The van der Waals surface area contributed by atoms with Crippen LogP contribution in [0.4, 0.5) is 0 Å². The van der Waals surface area contributed by atoms with E-state index in [9.17, 15) is 0 Å². The highest BCUT2D eigenvalue weighted by Gasteiger charge is 2.29. The summed E-state index contributed by atoms with van der Waals surface area (Å²) in [7, 11) is 0. The Morgan fingerprint density at radius 3 is 2.85 bits per heavy atom. The summed E-state index contributed by atoms with van der Waals surface area (Å²) in [4.78, 5) is 4.31. The van der Waals surface area contributed by atoms with Gasteiger partial charge in [0.05, 0.1) is 0 Å². The van der Waals surface area contributed by atoms with Gasteiger partial charge in [-0.2, -0.15) is 0 Å². The predicted molar refractivity (Wildman–Crippen MR) is 88.8 cm³/mol. The lowest BCUT2D eigenvalue weighted by atomic mass is 9.74. The number of aromatic nitrogens is 1. The maximum absolute atomic E-state index is 4.31. The highest BCUT2D eigenvalue weighted by Crippen LogP contribution is 2.33. The fourth-order valence-electron chi connectivity index (χ4n) is 3.43. The van der Waals surface area contributed by atoms with Crippen molar-refractivity contribution in [3.05, 3.63) is 28.5 Å². The Labute approximate surface area is 131 Å². The first-order valence-electron chi connectivity index (χ1n) is 8.05. The van der Waals surface area contributed by atoms with Crippen LogP contribution < -0.4 is 5.32 Å². The van der Waals surface area contributed by atoms with Gasteiger partial charge in [-0.3, -0.25) is 4.98 Å². The average molecular weight is 339 g/mol. The quantitative estimate of drug-likeness (QED) is 0.820. The van der Waals surface area contributed by atoms with Gasteiger partial charge >= 0.3 is 0 Å². The Morgan fingerprint density at radius 2 is 2.15 bits per heavy atom. The zero-order chi connectivity index (χ0) is 14.4. The second-order valence-corrected chi connectivity index (χ2v) is 7.04. The van der Waals surface area contributed by atoms with E-state index >= 15 is 0 Å². The third-order valence-corrected chi connectivity index (χ3v) is 5.02. The van der Waals surface area contributed by atoms with Crippen molar-refractivity contribution in [2.24, 2.45) is 11.8 Å². The number of rotatable bonds is 6. The van der Waals surface area contributed by atoms with Crippen LogP contribution in [0.3, 0.4) is 0 Å². The lowest BCUT2D eigenvalue weighted by molar-refractivity contribution is 0.198. The summed E-state index contributed by atoms with van der Waals surface area (Å²) >= 11 is 3.53. The molecular formula is C17H27BrN2. The first-order chi connectivity index (χ1) is 9.72. The molecule has 3 unspecified atom stereocenters. The number of nitrogens with zero attached hydrogens (tertiary/aromatic N) is 1. The van der Waals surface area contributed by atoms with Gasteiger partial charge in [0.15, 0.2) is 0 Å². The molecule has 0 aliphatic heterocycles. The second kappa shape index (κ2) is 8.14. The molecule has 1 fully saturated rings. The Hall–Kier alpha value is -0.410. The molecule has 0 bridgehead atoms. The number of hydrogen-bond acceptors (Lipinski definition) is 2. The maximum Gasteiger partial charge on any atom is 0.0410 e. The smallest absolute Gasteiger partial charge is 0.0410 e. The van der Waals surface area contributed by atoms with Gasteiger partial charge in [-0.15, -0.1) is 0 Å². The average Bonchev–Trinajstić information content (AvgIpc) is 2.46. The van der Waals surface area contributed by atoms with E-state index < -0.39 is 0 Å². The molecule has 1 N–H and O–H groups in total. The van der Waals surface area contributed by atoms with E-state index in [0.717, 1.165) is 29.3 Å². The lowest BCUT2D eigenvalue weighted by Crippen LogP contribution is -2.41. The summed E-state index contributed by atoms with van der Waals surface area (Å²) in [5.41, 5.74) is 1.37. The summed E-state index contributed by atoms with van der Waals surface area (Å²) in [6.07, 6.45) is 11.7. The number of nitrogens with one attached hydrogen (secondary N) is 1. The summed E-state index contributed by atoms with van der Waals surface area (Å²) in [5.74, 6) is 1.68. The molecule has 1 aromatic heterocycles. The SMILES string of the molecule is CCCNC1CCC(CC)CC1Cc1cncc(Br)c1.